The number of allylic oxidation sites excluding steroid dienone is 3. The Balaban J connectivity index is 1.55. The van der Waals surface area contributed by atoms with Crippen LogP contribution in [-0.4, -0.2) is 48.0 Å². The SMILES string of the molecule is CCCN(CCC)c1cc(O)c(C2=C(C(=C=[N-])C#N)C(c3c(O)cc(N(CCC)CCC)c4cc5ccccc5cc34)C2=O)c2cc3ccccc3cc12. The van der Waals surface area contributed by atoms with Gasteiger partial charge in [0.25, 0.3) is 0 Å². The number of phenols is 2. The van der Waals surface area contributed by atoms with E-state index in [1.54, 1.807) is 12.1 Å². The lowest BCUT2D eigenvalue weighted by atomic mass is 9.65. The van der Waals surface area contributed by atoms with E-state index in [9.17, 15) is 25.7 Å². The number of benzene rings is 6. The molecule has 7 nitrogen and oxygen atoms in total. The van der Waals surface area contributed by atoms with Crippen LogP contribution in [0.5, 0.6) is 11.5 Å². The Morgan fingerprint density at radius 1 is 0.667 bits per heavy atom. The molecule has 54 heavy (non-hydrogen) atoms. The summed E-state index contributed by atoms with van der Waals surface area (Å²) in [5, 5.41) is 51.9. The zero-order valence-corrected chi connectivity index (χ0v) is 31.4. The van der Waals surface area contributed by atoms with Crippen molar-refractivity contribution in [1.82, 2.24) is 0 Å². The monoisotopic (exact) mass is 713 g/mol. The van der Waals surface area contributed by atoms with Gasteiger partial charge in [-0.1, -0.05) is 76.2 Å². The molecule has 7 heteroatoms. The minimum Gasteiger partial charge on any atom is -0.762 e. The van der Waals surface area contributed by atoms with E-state index in [4.69, 9.17) is 0 Å². The summed E-state index contributed by atoms with van der Waals surface area (Å²) in [7, 11) is 0. The van der Waals surface area contributed by atoms with Gasteiger partial charge in [-0.25, -0.2) is 0 Å². The van der Waals surface area contributed by atoms with Crippen molar-refractivity contribution in [1.29, 1.82) is 5.26 Å². The van der Waals surface area contributed by atoms with Gasteiger partial charge in [-0.3, -0.25) is 10.7 Å². The largest absolute Gasteiger partial charge is 0.762 e. The standard InChI is InChI=1S/C47H45N4O3/c1-5-17-50(18-6-2)38-25-40(52)43(36-23-31-15-11-9-13-29(31)21-34(36)38)45-42(33(27-48)28-49)46(47(45)54)44-37-24-32-16-12-10-14-30(32)22-35(37)39(26-41(44)53)51(19-7-3)20-8-4/h9-16,21-26,45,52-53H,5-8,17-20H2,1-4H3/q-1. The molecule has 0 heterocycles. The Morgan fingerprint density at radius 3 is 1.54 bits per heavy atom. The first-order valence-electron chi connectivity index (χ1n) is 19.1. The Kier molecular flexibility index (Phi) is 10.1. The smallest absolute Gasteiger partial charge is 0.176 e. The van der Waals surface area contributed by atoms with Gasteiger partial charge < -0.3 is 25.4 Å². The molecular formula is C47H45N4O3-. The summed E-state index contributed by atoms with van der Waals surface area (Å²) < 4.78 is 0. The number of ketones is 1. The molecule has 0 bridgehead atoms. The second-order valence-electron chi connectivity index (χ2n) is 14.3. The number of nitriles is 1. The predicted octanol–water partition coefficient (Wildman–Crippen LogP) is 10.8. The molecule has 0 fully saturated rings. The second-order valence-corrected chi connectivity index (χ2v) is 14.3. The van der Waals surface area contributed by atoms with Gasteiger partial charge in [0.1, 0.15) is 17.6 Å². The third kappa shape index (κ3) is 6.03. The topological polar surface area (TPSA) is 110 Å². The van der Waals surface area contributed by atoms with Crippen LogP contribution in [0.15, 0.2) is 96.1 Å². The van der Waals surface area contributed by atoms with Gasteiger partial charge in [0, 0.05) is 82.7 Å². The molecule has 1 aliphatic carbocycles. The summed E-state index contributed by atoms with van der Waals surface area (Å²) in [6, 6.07) is 29.7. The number of aromatic hydroxyl groups is 2. The highest BCUT2D eigenvalue weighted by Gasteiger charge is 2.46. The zero-order valence-electron chi connectivity index (χ0n) is 31.4. The molecule has 0 saturated heterocycles. The van der Waals surface area contributed by atoms with E-state index < -0.39 is 5.92 Å². The van der Waals surface area contributed by atoms with Gasteiger partial charge in [-0.05, 0) is 82.3 Å². The highest BCUT2D eigenvalue weighted by molar-refractivity contribution is 6.38. The van der Waals surface area contributed by atoms with Crippen molar-refractivity contribution in [2.24, 2.45) is 0 Å². The van der Waals surface area contributed by atoms with Crippen LogP contribution in [0, 0.1) is 11.3 Å². The molecule has 6 aromatic rings. The highest BCUT2D eigenvalue weighted by atomic mass is 16.3. The lowest BCUT2D eigenvalue weighted by molar-refractivity contribution is -0.115. The summed E-state index contributed by atoms with van der Waals surface area (Å²) in [4.78, 5) is 19.5. The molecule has 0 radical (unpaired) electrons. The number of carbonyl (C=O) groups is 1. The number of hydrogen-bond donors (Lipinski definition) is 2. The molecule has 272 valence electrons. The minimum absolute atomic E-state index is 0.0692. The van der Waals surface area contributed by atoms with E-state index in [2.05, 4.69) is 61.6 Å². The Bertz CT molecular complexity index is 2580. The van der Waals surface area contributed by atoms with E-state index in [1.807, 2.05) is 60.7 Å². The van der Waals surface area contributed by atoms with Crippen LogP contribution in [0.25, 0.3) is 54.1 Å². The van der Waals surface area contributed by atoms with Crippen LogP contribution in [0.4, 0.5) is 11.4 Å². The van der Waals surface area contributed by atoms with Crippen molar-refractivity contribution < 1.29 is 15.0 Å². The molecule has 1 atom stereocenters. The van der Waals surface area contributed by atoms with Gasteiger partial charge in [0.05, 0.1) is 11.5 Å². The number of carbonyl (C=O) groups excluding carboxylic acids is 1. The van der Waals surface area contributed by atoms with Gasteiger partial charge >= 0.3 is 0 Å². The van der Waals surface area contributed by atoms with E-state index in [0.717, 1.165) is 95.6 Å². The van der Waals surface area contributed by atoms with Crippen molar-refractivity contribution in [2.45, 2.75) is 59.3 Å². The van der Waals surface area contributed by atoms with Crippen molar-refractivity contribution in [3.05, 3.63) is 113 Å². The number of anilines is 2. The van der Waals surface area contributed by atoms with Crippen LogP contribution in [0.2, 0.25) is 0 Å². The zero-order chi connectivity index (χ0) is 38.1. The first kappa shape index (κ1) is 36.3. The highest BCUT2D eigenvalue weighted by Crippen LogP contribution is 2.56. The average Bonchev–Trinajstić information content (AvgIpc) is 3.18. The van der Waals surface area contributed by atoms with Crippen molar-refractivity contribution in [2.75, 3.05) is 36.0 Å². The summed E-state index contributed by atoms with van der Waals surface area (Å²) in [6.07, 6.45) is 3.65. The van der Waals surface area contributed by atoms with Gasteiger partial charge in [-0.2, -0.15) is 5.26 Å². The fraction of sp³-hybridized carbons (Fsp3) is 0.277. The van der Waals surface area contributed by atoms with Crippen LogP contribution in [-0.2, 0) is 4.79 Å². The maximum atomic E-state index is 14.9. The quantitative estimate of drug-likeness (QED) is 0.0700. The summed E-state index contributed by atoms with van der Waals surface area (Å²) >= 11 is 0. The third-order valence-corrected chi connectivity index (χ3v) is 10.7. The van der Waals surface area contributed by atoms with Crippen molar-refractivity contribution >= 4 is 71.7 Å². The molecule has 7 rings (SSSR count). The average molecular weight is 714 g/mol. The number of phenolic OH excluding ortho intramolecular Hbond substituents is 2. The van der Waals surface area contributed by atoms with Gasteiger partial charge in [-0.15, -0.1) is 0 Å². The van der Waals surface area contributed by atoms with Crippen LogP contribution in [0.3, 0.4) is 0 Å². The molecule has 0 saturated carbocycles. The van der Waals surface area contributed by atoms with Crippen LogP contribution in [0.1, 0.15) is 70.4 Å². The van der Waals surface area contributed by atoms with Crippen molar-refractivity contribution in [3.8, 4) is 17.6 Å². The number of rotatable bonds is 13. The molecule has 0 aliphatic heterocycles. The Labute approximate surface area is 316 Å². The van der Waals surface area contributed by atoms with E-state index in [1.165, 1.54) is 0 Å². The fourth-order valence-electron chi connectivity index (χ4n) is 8.47. The Morgan fingerprint density at radius 2 is 1.09 bits per heavy atom. The first-order chi connectivity index (χ1) is 26.3. The van der Waals surface area contributed by atoms with Gasteiger partial charge in [0.15, 0.2) is 5.78 Å². The van der Waals surface area contributed by atoms with E-state index >= 15 is 0 Å². The number of nitrogens with zero attached hydrogens (tertiary/aromatic N) is 4. The molecule has 0 amide bonds. The number of Topliss-reactive ketones (excluding diaryl/α,β-unsaturated/α-hetero) is 1. The molecule has 2 N–H and O–H groups in total. The fourth-order valence-corrected chi connectivity index (χ4v) is 8.47. The summed E-state index contributed by atoms with van der Waals surface area (Å²) in [5.41, 5.74) is 2.54. The maximum absolute atomic E-state index is 14.9. The summed E-state index contributed by atoms with van der Waals surface area (Å²) in [6.45, 7) is 11.7. The molecule has 6 aromatic carbocycles. The summed E-state index contributed by atoms with van der Waals surface area (Å²) in [5.74, 6) is 0.444. The maximum Gasteiger partial charge on any atom is 0.176 e. The molecule has 0 spiro atoms. The molecule has 1 unspecified atom stereocenters. The van der Waals surface area contributed by atoms with Crippen LogP contribution >= 0.6 is 0 Å². The lowest BCUT2D eigenvalue weighted by Crippen LogP contribution is -2.31. The van der Waals surface area contributed by atoms with E-state index in [-0.39, 0.29) is 34.0 Å². The second kappa shape index (κ2) is 15.1. The van der Waals surface area contributed by atoms with E-state index in [0.29, 0.717) is 21.9 Å². The minimum atomic E-state index is -1.09. The molecule has 0 aromatic heterocycles. The van der Waals surface area contributed by atoms with Crippen molar-refractivity contribution in [3.63, 3.8) is 0 Å². The first-order valence-corrected chi connectivity index (χ1v) is 19.1. The van der Waals surface area contributed by atoms with Crippen LogP contribution < -0.4 is 9.80 Å². The van der Waals surface area contributed by atoms with Gasteiger partial charge in [0.2, 0.25) is 0 Å². The predicted molar refractivity (Wildman–Crippen MR) is 224 cm³/mol. The Hall–Kier alpha value is -6.09. The molecule has 1 aliphatic rings. The lowest BCUT2D eigenvalue weighted by Gasteiger charge is -2.36. The number of hydrogen-bond acceptors (Lipinski definition) is 6. The molecular weight excluding hydrogens is 669 g/mol. The normalized spacial score (nSPS) is 14.1. The third-order valence-electron chi connectivity index (χ3n) is 10.7. The number of fused-ring (bicyclic) bond motifs is 4.